The molecule has 0 saturated heterocycles. The topological polar surface area (TPSA) is 120 Å². The Balaban J connectivity index is 1.79. The van der Waals surface area contributed by atoms with E-state index in [0.29, 0.717) is 6.21 Å². The summed E-state index contributed by atoms with van der Waals surface area (Å²) >= 11 is 0. The fraction of sp³-hybridized carbons (Fsp3) is 0.190. The quantitative estimate of drug-likeness (QED) is 0.331. The number of nitrogens with one attached hydrogen (secondary N) is 1. The molecule has 0 bridgehead atoms. The number of nitrogens with zero attached hydrogens (tertiary/aromatic N) is 3. The summed E-state index contributed by atoms with van der Waals surface area (Å²) in [5, 5.41) is 2.56. The van der Waals surface area contributed by atoms with E-state index >= 15 is 0 Å². The van der Waals surface area contributed by atoms with Crippen LogP contribution in [0, 0.1) is 0 Å². The molecule has 0 saturated carbocycles. The molecule has 3 rings (SSSR count). The Kier molecular flexibility index (Phi) is 5.76. The maximum Gasteiger partial charge on any atom is 0.325 e. The second-order valence-electron chi connectivity index (χ2n) is 6.60. The second kappa shape index (κ2) is 8.41. The van der Waals surface area contributed by atoms with Crippen molar-refractivity contribution in [2.75, 3.05) is 0 Å². The van der Waals surface area contributed by atoms with Crippen molar-refractivity contribution in [3.05, 3.63) is 76.8 Å². The molecule has 29 heavy (non-hydrogen) atoms. The smallest absolute Gasteiger partial charge is 0.325 e. The van der Waals surface area contributed by atoms with Gasteiger partial charge in [0.05, 0.1) is 11.1 Å². The number of hydrogen-bond donors (Lipinski definition) is 1. The van der Waals surface area contributed by atoms with Crippen molar-refractivity contribution in [1.29, 1.82) is 0 Å². The first-order chi connectivity index (χ1) is 13.9. The van der Waals surface area contributed by atoms with E-state index in [4.69, 9.17) is 5.53 Å². The van der Waals surface area contributed by atoms with Crippen LogP contribution in [0.15, 0.2) is 54.6 Å². The number of hydrogen-bond acceptors (Lipinski definition) is 4. The lowest BCUT2D eigenvalue weighted by molar-refractivity contribution is -0.128. The molecule has 2 aromatic rings. The van der Waals surface area contributed by atoms with Crippen molar-refractivity contribution in [3.63, 3.8) is 0 Å². The zero-order valence-electron chi connectivity index (χ0n) is 15.6. The number of benzene rings is 2. The van der Waals surface area contributed by atoms with E-state index in [1.807, 2.05) is 6.07 Å². The minimum absolute atomic E-state index is 0.159. The van der Waals surface area contributed by atoms with Gasteiger partial charge in [0.25, 0.3) is 17.6 Å². The van der Waals surface area contributed by atoms with Crippen LogP contribution in [0.25, 0.3) is 5.53 Å². The molecule has 0 aliphatic carbocycles. The van der Waals surface area contributed by atoms with E-state index < -0.39 is 35.6 Å². The molecular formula is C21H18N4O4. The number of fused-ring (bicyclic) bond motifs is 1. The van der Waals surface area contributed by atoms with E-state index in [1.165, 1.54) is 19.1 Å². The van der Waals surface area contributed by atoms with E-state index in [2.05, 4.69) is 10.1 Å². The van der Waals surface area contributed by atoms with Crippen molar-refractivity contribution in [3.8, 4) is 0 Å². The lowest BCUT2D eigenvalue weighted by Gasteiger charge is -2.24. The first kappa shape index (κ1) is 19.9. The third-order valence-electron chi connectivity index (χ3n) is 4.72. The molecule has 0 radical (unpaired) electrons. The van der Waals surface area contributed by atoms with Crippen LogP contribution in [0.4, 0.5) is 0 Å². The third kappa shape index (κ3) is 4.02. The van der Waals surface area contributed by atoms with Gasteiger partial charge in [-0.1, -0.05) is 42.5 Å². The maximum absolute atomic E-state index is 12.8. The summed E-state index contributed by atoms with van der Waals surface area (Å²) < 4.78 is 0. The highest BCUT2D eigenvalue weighted by Gasteiger charge is 2.41. The summed E-state index contributed by atoms with van der Waals surface area (Å²) in [7, 11) is 0. The van der Waals surface area contributed by atoms with Gasteiger partial charge >= 0.3 is 6.21 Å². The summed E-state index contributed by atoms with van der Waals surface area (Å²) in [6.45, 7) is 1.42. The molecule has 0 aromatic heterocycles. The van der Waals surface area contributed by atoms with Crippen LogP contribution < -0.4 is 5.32 Å². The molecule has 1 aliphatic heterocycles. The van der Waals surface area contributed by atoms with Gasteiger partial charge in [0.1, 0.15) is 12.1 Å². The maximum atomic E-state index is 12.8. The highest BCUT2D eigenvalue weighted by molar-refractivity contribution is 6.28. The predicted octanol–water partition coefficient (Wildman–Crippen LogP) is 1.27. The lowest BCUT2D eigenvalue weighted by atomic mass is 10.0. The molecular weight excluding hydrogens is 372 g/mol. The van der Waals surface area contributed by atoms with Crippen LogP contribution in [-0.2, 0) is 16.0 Å². The summed E-state index contributed by atoms with van der Waals surface area (Å²) in [5.41, 5.74) is 9.93. The van der Waals surface area contributed by atoms with Gasteiger partial charge in [0, 0.05) is 6.42 Å². The van der Waals surface area contributed by atoms with Gasteiger partial charge in [0.15, 0.2) is 0 Å². The fourth-order valence-electron chi connectivity index (χ4n) is 3.19. The molecule has 8 heteroatoms. The van der Waals surface area contributed by atoms with Gasteiger partial charge in [-0.25, -0.2) is 0 Å². The van der Waals surface area contributed by atoms with E-state index in [0.717, 1.165) is 10.5 Å². The first-order valence-corrected chi connectivity index (χ1v) is 8.96. The van der Waals surface area contributed by atoms with Gasteiger partial charge in [-0.2, -0.15) is 4.79 Å². The number of imide groups is 1. The van der Waals surface area contributed by atoms with E-state index in [9.17, 15) is 19.2 Å². The highest BCUT2D eigenvalue weighted by Crippen LogP contribution is 2.24. The molecule has 146 valence electrons. The molecule has 2 unspecified atom stereocenters. The summed E-state index contributed by atoms with van der Waals surface area (Å²) in [4.78, 5) is 53.8. The van der Waals surface area contributed by atoms with E-state index in [-0.39, 0.29) is 17.5 Å². The molecule has 1 N–H and O–H groups in total. The highest BCUT2D eigenvalue weighted by atomic mass is 16.2. The van der Waals surface area contributed by atoms with Crippen molar-refractivity contribution < 1.29 is 24.0 Å². The number of carbonyl (C=O) groups is 4. The van der Waals surface area contributed by atoms with Crippen molar-refractivity contribution >= 4 is 29.7 Å². The van der Waals surface area contributed by atoms with Crippen molar-refractivity contribution in [2.45, 2.75) is 25.4 Å². The summed E-state index contributed by atoms with van der Waals surface area (Å²) in [6, 6.07) is 13.2. The molecule has 8 nitrogen and oxygen atoms in total. The largest absolute Gasteiger partial charge is 0.361 e. The Morgan fingerprint density at radius 3 is 2.14 bits per heavy atom. The molecule has 1 heterocycles. The van der Waals surface area contributed by atoms with Crippen LogP contribution in [0.2, 0.25) is 0 Å². The van der Waals surface area contributed by atoms with Crippen LogP contribution in [0.1, 0.15) is 33.2 Å². The average molecular weight is 390 g/mol. The zero-order chi connectivity index (χ0) is 21.0. The molecule has 2 atom stereocenters. The lowest BCUT2D eigenvalue weighted by Crippen LogP contribution is -2.52. The van der Waals surface area contributed by atoms with Gasteiger partial charge < -0.3 is 10.8 Å². The van der Waals surface area contributed by atoms with Crippen LogP contribution in [0.5, 0.6) is 0 Å². The van der Waals surface area contributed by atoms with Gasteiger partial charge in [-0.15, -0.1) is 0 Å². The van der Waals surface area contributed by atoms with Gasteiger partial charge in [0.2, 0.25) is 5.91 Å². The Morgan fingerprint density at radius 1 is 1.03 bits per heavy atom. The molecule has 1 aliphatic rings. The molecule has 2 aromatic carbocycles. The SMILES string of the molecule is CC(C(=O)NC(Cc1ccccc1)C(=O)C=[N+]=[N-])N1C(=O)c2ccccc2C1=O. The Morgan fingerprint density at radius 2 is 1.59 bits per heavy atom. The monoisotopic (exact) mass is 390 g/mol. The average Bonchev–Trinajstić information content (AvgIpc) is 2.98. The van der Waals surface area contributed by atoms with Crippen LogP contribution >= 0.6 is 0 Å². The Bertz CT molecular complexity index is 993. The number of rotatable bonds is 7. The predicted molar refractivity (Wildman–Crippen MR) is 103 cm³/mol. The number of ketones is 1. The number of Topliss-reactive ketones (excluding diaryl/α,β-unsaturated/α-hetero) is 1. The van der Waals surface area contributed by atoms with Gasteiger partial charge in [-0.3, -0.25) is 24.1 Å². The minimum Gasteiger partial charge on any atom is -0.361 e. The number of amides is 3. The standard InChI is InChI=1S/C21H18N4O4/c1-13(25-20(28)15-9-5-6-10-16(15)21(25)29)19(27)24-17(18(26)12-23-22)11-14-7-3-2-4-8-14/h2-10,12-13,17H,11H2,1H3,(H,24,27). The zero-order valence-corrected chi connectivity index (χ0v) is 15.6. The third-order valence-corrected chi connectivity index (χ3v) is 4.72. The van der Waals surface area contributed by atoms with Crippen LogP contribution in [-0.4, -0.2) is 51.5 Å². The minimum atomic E-state index is -1.13. The van der Waals surface area contributed by atoms with Crippen molar-refractivity contribution in [1.82, 2.24) is 10.2 Å². The normalized spacial score (nSPS) is 14.6. The van der Waals surface area contributed by atoms with Crippen LogP contribution in [0.3, 0.4) is 0 Å². The summed E-state index contributed by atoms with van der Waals surface area (Å²) in [5.74, 6) is -2.40. The second-order valence-corrected chi connectivity index (χ2v) is 6.60. The molecule has 3 amide bonds. The Labute approximate surface area is 166 Å². The first-order valence-electron chi connectivity index (χ1n) is 8.96. The van der Waals surface area contributed by atoms with Gasteiger partial charge in [-0.05, 0) is 24.6 Å². The fourth-order valence-corrected chi connectivity index (χ4v) is 3.19. The number of carbonyl (C=O) groups excluding carboxylic acids is 4. The Hall–Kier alpha value is -3.90. The molecule has 0 spiro atoms. The summed E-state index contributed by atoms with van der Waals surface area (Å²) in [6.07, 6.45) is 0.868. The van der Waals surface area contributed by atoms with E-state index in [1.54, 1.807) is 36.4 Å². The van der Waals surface area contributed by atoms with Crippen molar-refractivity contribution in [2.24, 2.45) is 0 Å². The molecule has 0 fully saturated rings.